The number of anilines is 2. The first-order valence-electron chi connectivity index (χ1n) is 6.02. The van der Waals surface area contributed by atoms with Gasteiger partial charge in [-0.2, -0.15) is 0 Å². The summed E-state index contributed by atoms with van der Waals surface area (Å²) in [5, 5.41) is 5.94. The van der Waals surface area contributed by atoms with E-state index in [1.165, 1.54) is 13.0 Å². The summed E-state index contributed by atoms with van der Waals surface area (Å²) in [6.07, 6.45) is 5.08. The van der Waals surface area contributed by atoms with Gasteiger partial charge in [-0.15, -0.1) is 6.42 Å². The SMILES string of the molecule is C#CCOc1cc(NC(=O)c2c(C)noc2N)c(F)cc1Cl. The van der Waals surface area contributed by atoms with Gasteiger partial charge in [-0.3, -0.25) is 4.79 Å². The average molecular weight is 324 g/mol. The van der Waals surface area contributed by atoms with Crippen LogP contribution in [0.2, 0.25) is 5.02 Å². The van der Waals surface area contributed by atoms with Crippen LogP contribution in [0.3, 0.4) is 0 Å². The number of nitrogens with one attached hydrogen (secondary N) is 1. The lowest BCUT2D eigenvalue weighted by Crippen LogP contribution is -2.15. The van der Waals surface area contributed by atoms with E-state index in [0.717, 1.165) is 6.07 Å². The summed E-state index contributed by atoms with van der Waals surface area (Å²) in [7, 11) is 0. The molecule has 6 nitrogen and oxygen atoms in total. The van der Waals surface area contributed by atoms with Gasteiger partial charge in [0, 0.05) is 6.07 Å². The fraction of sp³-hybridized carbons (Fsp3) is 0.143. The maximum absolute atomic E-state index is 13.9. The predicted octanol–water partition coefficient (Wildman–Crippen LogP) is 2.62. The predicted molar refractivity (Wildman–Crippen MR) is 79.3 cm³/mol. The molecule has 0 aliphatic carbocycles. The monoisotopic (exact) mass is 323 g/mol. The Labute approximate surface area is 130 Å². The number of nitrogens with zero attached hydrogens (tertiary/aromatic N) is 1. The van der Waals surface area contributed by atoms with E-state index in [9.17, 15) is 9.18 Å². The van der Waals surface area contributed by atoms with Crippen LogP contribution in [0, 0.1) is 25.1 Å². The highest BCUT2D eigenvalue weighted by Crippen LogP contribution is 2.31. The molecule has 3 N–H and O–H groups in total. The van der Waals surface area contributed by atoms with Crippen molar-refractivity contribution in [2.45, 2.75) is 6.92 Å². The maximum Gasteiger partial charge on any atom is 0.263 e. The van der Waals surface area contributed by atoms with Crippen LogP contribution in [0.15, 0.2) is 16.7 Å². The number of aromatic nitrogens is 1. The lowest BCUT2D eigenvalue weighted by atomic mass is 10.2. The molecule has 0 aliphatic rings. The molecule has 1 heterocycles. The standard InChI is InChI=1S/C14H11ClFN3O3/c1-3-4-21-11-6-10(9(16)5-8(11)15)18-14(20)12-7(2)19-22-13(12)17/h1,5-6H,4,17H2,2H3,(H,18,20). The molecule has 1 aromatic carbocycles. The van der Waals surface area contributed by atoms with Crippen molar-refractivity contribution in [3.8, 4) is 18.1 Å². The van der Waals surface area contributed by atoms with Crippen LogP contribution in [0.4, 0.5) is 16.0 Å². The second-order valence-electron chi connectivity index (χ2n) is 4.22. The number of rotatable bonds is 4. The smallest absolute Gasteiger partial charge is 0.263 e. The van der Waals surface area contributed by atoms with E-state index >= 15 is 0 Å². The van der Waals surface area contributed by atoms with Gasteiger partial charge in [0.1, 0.15) is 23.7 Å². The van der Waals surface area contributed by atoms with Gasteiger partial charge in [0.15, 0.2) is 0 Å². The van der Waals surface area contributed by atoms with Crippen LogP contribution in [-0.4, -0.2) is 17.7 Å². The Bertz CT molecular complexity index is 748. The second-order valence-corrected chi connectivity index (χ2v) is 4.62. The molecule has 1 aromatic heterocycles. The summed E-state index contributed by atoms with van der Waals surface area (Å²) < 4.78 is 23.7. The number of ether oxygens (including phenoxy) is 1. The fourth-order valence-corrected chi connectivity index (χ4v) is 1.91. The molecule has 8 heteroatoms. The molecule has 0 atom stereocenters. The molecule has 114 valence electrons. The first-order valence-corrected chi connectivity index (χ1v) is 6.40. The number of carbonyl (C=O) groups excluding carboxylic acids is 1. The Morgan fingerprint density at radius 2 is 2.36 bits per heavy atom. The third-order valence-electron chi connectivity index (χ3n) is 2.70. The van der Waals surface area contributed by atoms with Crippen LogP contribution in [0.1, 0.15) is 16.1 Å². The number of carbonyl (C=O) groups is 1. The van der Waals surface area contributed by atoms with Crippen molar-refractivity contribution in [2.24, 2.45) is 0 Å². The zero-order valence-corrected chi connectivity index (χ0v) is 12.2. The molecule has 2 rings (SSSR count). The first kappa shape index (κ1) is 15.7. The zero-order chi connectivity index (χ0) is 16.3. The molecular weight excluding hydrogens is 313 g/mol. The fourth-order valence-electron chi connectivity index (χ4n) is 1.70. The molecule has 0 bridgehead atoms. The molecular formula is C14H11ClFN3O3. The van der Waals surface area contributed by atoms with Gasteiger partial charge < -0.3 is 20.3 Å². The van der Waals surface area contributed by atoms with Gasteiger partial charge in [0.05, 0.1) is 16.4 Å². The molecule has 0 radical (unpaired) electrons. The van der Waals surface area contributed by atoms with Crippen molar-refractivity contribution in [2.75, 3.05) is 17.7 Å². The quantitative estimate of drug-likeness (QED) is 0.844. The van der Waals surface area contributed by atoms with Gasteiger partial charge in [0.25, 0.3) is 5.91 Å². The van der Waals surface area contributed by atoms with E-state index in [-0.39, 0.29) is 40.2 Å². The van der Waals surface area contributed by atoms with Crippen LogP contribution in [0.5, 0.6) is 5.75 Å². The van der Waals surface area contributed by atoms with Gasteiger partial charge >= 0.3 is 0 Å². The molecule has 0 aliphatic heterocycles. The Kier molecular flexibility index (Phi) is 4.53. The van der Waals surface area contributed by atoms with Crippen molar-refractivity contribution in [1.82, 2.24) is 5.16 Å². The van der Waals surface area contributed by atoms with Crippen LogP contribution >= 0.6 is 11.6 Å². The Morgan fingerprint density at radius 3 is 2.95 bits per heavy atom. The maximum atomic E-state index is 13.9. The normalized spacial score (nSPS) is 10.1. The van der Waals surface area contributed by atoms with Gasteiger partial charge in [0.2, 0.25) is 5.88 Å². The summed E-state index contributed by atoms with van der Waals surface area (Å²) in [5.74, 6) is 0.839. The lowest BCUT2D eigenvalue weighted by molar-refractivity contribution is 0.102. The molecule has 0 unspecified atom stereocenters. The molecule has 22 heavy (non-hydrogen) atoms. The van der Waals surface area contributed by atoms with E-state index in [2.05, 4.69) is 20.9 Å². The molecule has 0 fully saturated rings. The Morgan fingerprint density at radius 1 is 1.64 bits per heavy atom. The van der Waals surface area contributed by atoms with Crippen molar-refractivity contribution in [3.63, 3.8) is 0 Å². The van der Waals surface area contributed by atoms with Gasteiger partial charge in [-0.1, -0.05) is 22.7 Å². The van der Waals surface area contributed by atoms with Crippen molar-refractivity contribution in [1.29, 1.82) is 0 Å². The molecule has 2 aromatic rings. The largest absolute Gasteiger partial charge is 0.479 e. The summed E-state index contributed by atoms with van der Waals surface area (Å²) in [6, 6.07) is 2.23. The first-order chi connectivity index (χ1) is 10.4. The topological polar surface area (TPSA) is 90.4 Å². The minimum atomic E-state index is -0.737. The number of halogens is 2. The number of terminal acetylenes is 1. The lowest BCUT2D eigenvalue weighted by Gasteiger charge is -2.10. The average Bonchev–Trinajstić information content (AvgIpc) is 2.79. The number of hydrogen-bond acceptors (Lipinski definition) is 5. The van der Waals surface area contributed by atoms with Crippen LogP contribution < -0.4 is 15.8 Å². The third kappa shape index (κ3) is 3.13. The number of hydrogen-bond donors (Lipinski definition) is 2. The zero-order valence-electron chi connectivity index (χ0n) is 11.4. The van der Waals surface area contributed by atoms with E-state index in [0.29, 0.717) is 0 Å². The highest BCUT2D eigenvalue weighted by molar-refractivity contribution is 6.32. The number of aryl methyl sites for hydroxylation is 1. The summed E-state index contributed by atoms with van der Waals surface area (Å²) >= 11 is 5.83. The van der Waals surface area contributed by atoms with Crippen molar-refractivity contribution in [3.05, 3.63) is 34.2 Å². The molecule has 0 saturated heterocycles. The minimum Gasteiger partial charge on any atom is -0.479 e. The van der Waals surface area contributed by atoms with Crippen molar-refractivity contribution < 1.29 is 18.4 Å². The highest BCUT2D eigenvalue weighted by Gasteiger charge is 2.20. The summed E-state index contributed by atoms with van der Waals surface area (Å²) in [5.41, 5.74) is 5.68. The Hall–Kier alpha value is -2.72. The van der Waals surface area contributed by atoms with Crippen molar-refractivity contribution >= 4 is 29.1 Å². The van der Waals surface area contributed by atoms with Crippen LogP contribution in [-0.2, 0) is 0 Å². The summed E-state index contributed by atoms with van der Waals surface area (Å²) in [4.78, 5) is 12.1. The summed E-state index contributed by atoms with van der Waals surface area (Å²) in [6.45, 7) is 1.49. The highest BCUT2D eigenvalue weighted by atomic mass is 35.5. The number of benzene rings is 1. The molecule has 0 spiro atoms. The van der Waals surface area contributed by atoms with E-state index in [4.69, 9.17) is 28.5 Å². The van der Waals surface area contributed by atoms with E-state index in [1.54, 1.807) is 0 Å². The minimum absolute atomic E-state index is 0.0282. The van der Waals surface area contributed by atoms with E-state index < -0.39 is 11.7 Å². The molecule has 0 saturated carbocycles. The van der Waals surface area contributed by atoms with E-state index in [1.807, 2.05) is 0 Å². The second kappa shape index (κ2) is 6.37. The number of nitrogen functional groups attached to an aromatic ring is 1. The number of amides is 1. The number of nitrogens with two attached hydrogens (primary N) is 1. The molecule has 1 amide bonds. The third-order valence-corrected chi connectivity index (χ3v) is 2.99. The van der Waals surface area contributed by atoms with Gasteiger partial charge in [-0.25, -0.2) is 4.39 Å². The van der Waals surface area contributed by atoms with Crippen LogP contribution in [0.25, 0.3) is 0 Å². The Balaban J connectivity index is 2.29. The van der Waals surface area contributed by atoms with Gasteiger partial charge in [-0.05, 0) is 13.0 Å².